The van der Waals surface area contributed by atoms with E-state index in [1.165, 1.54) is 10.8 Å². The first-order valence-corrected chi connectivity index (χ1v) is 7.27. The number of hydrogen-bond donors (Lipinski definition) is 0. The Bertz CT molecular complexity index is 789. The Morgan fingerprint density at radius 2 is 2.00 bits per heavy atom. The lowest BCUT2D eigenvalue weighted by Gasteiger charge is -2.03. The predicted octanol–water partition coefficient (Wildman–Crippen LogP) is 4.77. The molecule has 1 aromatic heterocycles. The SMILES string of the molecule is Cc1cc(C(=O)Cc2csc3ccccc23)ccc1F. The number of halogens is 1. The molecule has 0 aliphatic heterocycles. The van der Waals surface area contributed by atoms with Crippen LogP contribution in [0.1, 0.15) is 21.5 Å². The van der Waals surface area contributed by atoms with Gasteiger partial charge >= 0.3 is 0 Å². The molecule has 20 heavy (non-hydrogen) atoms. The van der Waals surface area contributed by atoms with Crippen molar-refractivity contribution in [3.05, 3.63) is 70.4 Å². The number of carbonyl (C=O) groups is 1. The van der Waals surface area contributed by atoms with E-state index >= 15 is 0 Å². The third-order valence-electron chi connectivity index (χ3n) is 3.39. The van der Waals surface area contributed by atoms with Gasteiger partial charge in [-0.15, -0.1) is 11.3 Å². The number of hydrogen-bond acceptors (Lipinski definition) is 2. The number of carbonyl (C=O) groups excluding carboxylic acids is 1. The molecule has 0 aliphatic carbocycles. The molecule has 0 saturated heterocycles. The summed E-state index contributed by atoms with van der Waals surface area (Å²) in [5.41, 5.74) is 2.11. The van der Waals surface area contributed by atoms with Crippen molar-refractivity contribution in [1.29, 1.82) is 0 Å². The first-order valence-electron chi connectivity index (χ1n) is 6.39. The van der Waals surface area contributed by atoms with Crippen molar-refractivity contribution >= 4 is 27.2 Å². The number of rotatable bonds is 3. The second-order valence-corrected chi connectivity index (χ2v) is 5.73. The molecule has 3 heteroatoms. The molecular formula is C17H13FOS. The fraction of sp³-hybridized carbons (Fsp3) is 0.118. The molecule has 0 bridgehead atoms. The summed E-state index contributed by atoms with van der Waals surface area (Å²) in [5, 5.41) is 3.16. The Hall–Kier alpha value is -2.00. The van der Waals surface area contributed by atoms with Gasteiger partial charge in [-0.05, 0) is 53.1 Å². The molecule has 0 unspecified atom stereocenters. The highest BCUT2D eigenvalue weighted by atomic mass is 32.1. The van der Waals surface area contributed by atoms with Gasteiger partial charge in [0.05, 0.1) is 0 Å². The van der Waals surface area contributed by atoms with Crippen LogP contribution in [0.2, 0.25) is 0 Å². The van der Waals surface area contributed by atoms with Crippen molar-refractivity contribution in [3.8, 4) is 0 Å². The van der Waals surface area contributed by atoms with Crippen molar-refractivity contribution in [2.24, 2.45) is 0 Å². The summed E-state index contributed by atoms with van der Waals surface area (Å²) in [6, 6.07) is 12.6. The van der Waals surface area contributed by atoms with Crippen LogP contribution in [-0.2, 0) is 6.42 Å². The Labute approximate surface area is 120 Å². The van der Waals surface area contributed by atoms with Crippen LogP contribution >= 0.6 is 11.3 Å². The summed E-state index contributed by atoms with van der Waals surface area (Å²) in [6.07, 6.45) is 0.356. The number of thiophene rings is 1. The Kier molecular flexibility index (Phi) is 3.36. The molecule has 100 valence electrons. The van der Waals surface area contributed by atoms with E-state index in [4.69, 9.17) is 0 Å². The van der Waals surface area contributed by atoms with E-state index in [2.05, 4.69) is 6.07 Å². The average molecular weight is 284 g/mol. The van der Waals surface area contributed by atoms with Gasteiger partial charge in [-0.25, -0.2) is 4.39 Å². The fourth-order valence-electron chi connectivity index (χ4n) is 2.26. The topological polar surface area (TPSA) is 17.1 Å². The van der Waals surface area contributed by atoms with Crippen LogP contribution in [0.4, 0.5) is 4.39 Å². The summed E-state index contributed by atoms with van der Waals surface area (Å²) >= 11 is 1.64. The molecule has 3 rings (SSSR count). The number of ketones is 1. The molecule has 0 fully saturated rings. The van der Waals surface area contributed by atoms with Gasteiger partial charge < -0.3 is 0 Å². The summed E-state index contributed by atoms with van der Waals surface area (Å²) in [6.45, 7) is 1.67. The summed E-state index contributed by atoms with van der Waals surface area (Å²) in [7, 11) is 0. The third-order valence-corrected chi connectivity index (χ3v) is 4.40. The average Bonchev–Trinajstić information content (AvgIpc) is 2.85. The minimum absolute atomic E-state index is 0.0247. The fourth-order valence-corrected chi connectivity index (χ4v) is 3.23. The van der Waals surface area contributed by atoms with Crippen LogP contribution in [-0.4, -0.2) is 5.78 Å². The number of aryl methyl sites for hydroxylation is 1. The second-order valence-electron chi connectivity index (χ2n) is 4.82. The highest BCUT2D eigenvalue weighted by Gasteiger charge is 2.12. The second kappa shape index (κ2) is 5.17. The minimum atomic E-state index is -0.275. The summed E-state index contributed by atoms with van der Waals surface area (Å²) in [4.78, 5) is 12.3. The van der Waals surface area contributed by atoms with Gasteiger partial charge in [0.25, 0.3) is 0 Å². The Morgan fingerprint density at radius 3 is 2.80 bits per heavy atom. The molecule has 0 amide bonds. The first-order chi connectivity index (χ1) is 9.65. The monoisotopic (exact) mass is 284 g/mol. The van der Waals surface area contributed by atoms with Crippen LogP contribution < -0.4 is 0 Å². The largest absolute Gasteiger partial charge is 0.294 e. The maximum absolute atomic E-state index is 13.2. The normalized spacial score (nSPS) is 10.9. The van der Waals surface area contributed by atoms with Crippen LogP contribution in [0, 0.1) is 12.7 Å². The van der Waals surface area contributed by atoms with E-state index in [-0.39, 0.29) is 11.6 Å². The van der Waals surface area contributed by atoms with E-state index in [1.807, 2.05) is 23.6 Å². The van der Waals surface area contributed by atoms with Crippen molar-refractivity contribution in [2.45, 2.75) is 13.3 Å². The van der Waals surface area contributed by atoms with Crippen molar-refractivity contribution in [3.63, 3.8) is 0 Å². The maximum atomic E-state index is 13.2. The van der Waals surface area contributed by atoms with E-state index < -0.39 is 0 Å². The van der Waals surface area contributed by atoms with E-state index in [0.29, 0.717) is 17.5 Å². The molecule has 0 atom stereocenters. The standard InChI is InChI=1S/C17H13FOS/c1-11-8-12(6-7-15(11)18)16(19)9-13-10-20-17-5-3-2-4-14(13)17/h2-8,10H,9H2,1H3. The zero-order chi connectivity index (χ0) is 14.1. The lowest BCUT2D eigenvalue weighted by molar-refractivity contribution is 0.0993. The molecule has 1 nitrogen and oxygen atoms in total. The first kappa shape index (κ1) is 13.0. The number of benzene rings is 2. The van der Waals surface area contributed by atoms with Crippen molar-refractivity contribution < 1.29 is 9.18 Å². The Morgan fingerprint density at radius 1 is 1.20 bits per heavy atom. The van der Waals surface area contributed by atoms with Crippen LogP contribution in [0.3, 0.4) is 0 Å². The molecule has 1 heterocycles. The molecule has 3 aromatic rings. The zero-order valence-corrected chi connectivity index (χ0v) is 11.8. The maximum Gasteiger partial charge on any atom is 0.167 e. The Balaban J connectivity index is 1.90. The van der Waals surface area contributed by atoms with Gasteiger partial charge in [-0.2, -0.15) is 0 Å². The van der Waals surface area contributed by atoms with Gasteiger partial charge in [0, 0.05) is 16.7 Å². The predicted molar refractivity (Wildman–Crippen MR) is 81.0 cm³/mol. The van der Waals surface area contributed by atoms with Crippen LogP contribution in [0.5, 0.6) is 0 Å². The minimum Gasteiger partial charge on any atom is -0.294 e. The zero-order valence-electron chi connectivity index (χ0n) is 11.0. The molecule has 0 radical (unpaired) electrons. The lowest BCUT2D eigenvalue weighted by atomic mass is 10.0. The van der Waals surface area contributed by atoms with Gasteiger partial charge in [-0.3, -0.25) is 4.79 Å². The molecule has 0 N–H and O–H groups in total. The quantitative estimate of drug-likeness (QED) is 0.633. The van der Waals surface area contributed by atoms with Gasteiger partial charge in [0.2, 0.25) is 0 Å². The molecule has 0 spiro atoms. The van der Waals surface area contributed by atoms with Gasteiger partial charge in [-0.1, -0.05) is 18.2 Å². The van der Waals surface area contributed by atoms with E-state index in [1.54, 1.807) is 30.4 Å². The number of Topliss-reactive ketones (excluding diaryl/α,β-unsaturated/α-hetero) is 1. The highest BCUT2D eigenvalue weighted by Crippen LogP contribution is 2.26. The molecule has 2 aromatic carbocycles. The smallest absolute Gasteiger partial charge is 0.167 e. The van der Waals surface area contributed by atoms with Crippen molar-refractivity contribution in [2.75, 3.05) is 0 Å². The van der Waals surface area contributed by atoms with Gasteiger partial charge in [0.1, 0.15) is 5.82 Å². The van der Waals surface area contributed by atoms with Crippen LogP contribution in [0.15, 0.2) is 47.8 Å². The lowest BCUT2D eigenvalue weighted by Crippen LogP contribution is -2.03. The summed E-state index contributed by atoms with van der Waals surface area (Å²) < 4.78 is 14.4. The molecule has 0 aliphatic rings. The van der Waals surface area contributed by atoms with Crippen LogP contribution in [0.25, 0.3) is 10.1 Å². The summed E-state index contributed by atoms with van der Waals surface area (Å²) in [5.74, 6) is -0.251. The number of fused-ring (bicyclic) bond motifs is 1. The van der Waals surface area contributed by atoms with Gasteiger partial charge in [0.15, 0.2) is 5.78 Å². The molecular weight excluding hydrogens is 271 g/mol. The third kappa shape index (κ3) is 2.37. The molecule has 0 saturated carbocycles. The van der Waals surface area contributed by atoms with Crippen molar-refractivity contribution in [1.82, 2.24) is 0 Å². The van der Waals surface area contributed by atoms with E-state index in [9.17, 15) is 9.18 Å². The van der Waals surface area contributed by atoms with E-state index in [0.717, 1.165) is 10.9 Å². The highest BCUT2D eigenvalue weighted by molar-refractivity contribution is 7.17.